The van der Waals surface area contributed by atoms with E-state index in [4.69, 9.17) is 11.6 Å². The lowest BCUT2D eigenvalue weighted by atomic mass is 10.1. The van der Waals surface area contributed by atoms with Crippen LogP contribution in [0.1, 0.15) is 17.3 Å². The van der Waals surface area contributed by atoms with E-state index in [0.717, 1.165) is 0 Å². The van der Waals surface area contributed by atoms with Crippen molar-refractivity contribution >= 4 is 29.1 Å². The minimum atomic E-state index is -0.692. The van der Waals surface area contributed by atoms with E-state index in [0.29, 0.717) is 23.8 Å². The third-order valence-corrected chi connectivity index (χ3v) is 4.48. The second kappa shape index (κ2) is 6.61. The Hall–Kier alpha value is -2.40. The third-order valence-electron chi connectivity index (χ3n) is 4.16. The van der Waals surface area contributed by atoms with Gasteiger partial charge >= 0.3 is 0 Å². The zero-order valence-electron chi connectivity index (χ0n) is 13.1. The molecule has 3 rings (SSSR count). The van der Waals surface area contributed by atoms with E-state index in [1.54, 1.807) is 42.2 Å². The molecule has 0 saturated carbocycles. The average molecular weight is 347 g/mol. The van der Waals surface area contributed by atoms with Gasteiger partial charge in [-0.15, -0.1) is 0 Å². The molecule has 0 bridgehead atoms. The Bertz CT molecular complexity index is 796. The van der Waals surface area contributed by atoms with E-state index >= 15 is 0 Å². The van der Waals surface area contributed by atoms with Crippen LogP contribution in [0.15, 0.2) is 48.5 Å². The molecule has 2 aromatic carbocycles. The van der Waals surface area contributed by atoms with Crippen molar-refractivity contribution in [3.05, 3.63) is 64.9 Å². The summed E-state index contributed by atoms with van der Waals surface area (Å²) in [5.74, 6) is -1.30. The molecule has 0 radical (unpaired) electrons. The number of hydrogen-bond acceptors (Lipinski definition) is 2. The minimum Gasteiger partial charge on any atom is -0.325 e. The van der Waals surface area contributed by atoms with Crippen LogP contribution < -0.4 is 4.90 Å². The fourth-order valence-electron chi connectivity index (χ4n) is 2.85. The number of nitrogens with zero attached hydrogens (tertiary/aromatic N) is 2. The maximum atomic E-state index is 13.9. The predicted molar refractivity (Wildman–Crippen MR) is 90.7 cm³/mol. The first-order chi connectivity index (χ1) is 11.5. The second-order valence-corrected chi connectivity index (χ2v) is 6.00. The highest BCUT2D eigenvalue weighted by Crippen LogP contribution is 2.28. The van der Waals surface area contributed by atoms with Crippen molar-refractivity contribution in [2.24, 2.45) is 0 Å². The molecule has 24 heavy (non-hydrogen) atoms. The fourth-order valence-corrected chi connectivity index (χ4v) is 3.08. The van der Waals surface area contributed by atoms with E-state index in [1.807, 2.05) is 0 Å². The molecule has 0 unspecified atom stereocenters. The van der Waals surface area contributed by atoms with Gasteiger partial charge in [0.25, 0.3) is 5.91 Å². The van der Waals surface area contributed by atoms with Crippen LogP contribution in [0.4, 0.5) is 10.1 Å². The monoisotopic (exact) mass is 346 g/mol. The summed E-state index contributed by atoms with van der Waals surface area (Å²) < 4.78 is 13.9. The van der Waals surface area contributed by atoms with E-state index < -0.39 is 17.8 Å². The molecule has 6 heteroatoms. The number of rotatable bonds is 2. The summed E-state index contributed by atoms with van der Waals surface area (Å²) in [5, 5.41) is 0.479. The molecule has 0 spiro atoms. The van der Waals surface area contributed by atoms with Crippen LogP contribution >= 0.6 is 11.6 Å². The lowest BCUT2D eigenvalue weighted by Gasteiger charge is -2.39. The number of carbonyl (C=O) groups is 2. The quantitative estimate of drug-likeness (QED) is 0.836. The van der Waals surface area contributed by atoms with Crippen molar-refractivity contribution in [3.8, 4) is 0 Å². The first-order valence-corrected chi connectivity index (χ1v) is 8.00. The lowest BCUT2D eigenvalue weighted by Crippen LogP contribution is -2.58. The van der Waals surface area contributed by atoms with Crippen LogP contribution in [0.5, 0.6) is 0 Å². The van der Waals surface area contributed by atoms with Gasteiger partial charge in [-0.25, -0.2) is 4.39 Å². The number of carbonyl (C=O) groups excluding carboxylic acids is 2. The zero-order chi connectivity index (χ0) is 17.3. The standard InChI is InChI=1S/C18H16ClFN2O2/c1-12-17(23)22(16-9-5-3-7-14(16)19)11-10-21(12)18(24)13-6-2-4-8-15(13)20/h2-9,12H,10-11H2,1H3/t12-/m1/s1. The summed E-state index contributed by atoms with van der Waals surface area (Å²) in [5.41, 5.74) is 0.595. The van der Waals surface area contributed by atoms with Gasteiger partial charge in [-0.2, -0.15) is 0 Å². The molecule has 124 valence electrons. The van der Waals surface area contributed by atoms with Crippen LogP contribution in [0.25, 0.3) is 0 Å². The highest BCUT2D eigenvalue weighted by molar-refractivity contribution is 6.33. The minimum absolute atomic E-state index is 0.0247. The molecule has 0 aromatic heterocycles. The number of amides is 2. The maximum Gasteiger partial charge on any atom is 0.257 e. The van der Waals surface area contributed by atoms with Crippen LogP contribution in [0.2, 0.25) is 5.02 Å². The number of para-hydroxylation sites is 1. The maximum absolute atomic E-state index is 13.9. The van der Waals surface area contributed by atoms with Gasteiger partial charge in [0.1, 0.15) is 11.9 Å². The normalized spacial score (nSPS) is 18.0. The first kappa shape index (κ1) is 16.5. The lowest BCUT2D eigenvalue weighted by molar-refractivity contribution is -0.124. The summed E-state index contributed by atoms with van der Waals surface area (Å²) in [7, 11) is 0. The average Bonchev–Trinajstić information content (AvgIpc) is 2.58. The molecule has 1 aliphatic rings. The Morgan fingerprint density at radius 2 is 1.79 bits per heavy atom. The van der Waals surface area contributed by atoms with Crippen molar-refractivity contribution in [2.45, 2.75) is 13.0 Å². The van der Waals surface area contributed by atoms with Crippen LogP contribution in [0.3, 0.4) is 0 Å². The van der Waals surface area contributed by atoms with Crippen LogP contribution in [-0.2, 0) is 4.79 Å². The molecule has 1 heterocycles. The van der Waals surface area contributed by atoms with E-state index in [9.17, 15) is 14.0 Å². The fraction of sp³-hybridized carbons (Fsp3) is 0.222. The smallest absolute Gasteiger partial charge is 0.257 e. The number of anilines is 1. The topological polar surface area (TPSA) is 40.6 Å². The molecule has 0 N–H and O–H groups in total. The predicted octanol–water partition coefficient (Wildman–Crippen LogP) is 3.36. The molecular weight excluding hydrogens is 331 g/mol. The Kier molecular flexibility index (Phi) is 4.53. The van der Waals surface area contributed by atoms with E-state index in [-0.39, 0.29) is 11.5 Å². The number of benzene rings is 2. The summed E-state index contributed by atoms with van der Waals surface area (Å²) >= 11 is 6.16. The molecule has 4 nitrogen and oxygen atoms in total. The number of halogens is 2. The Morgan fingerprint density at radius 3 is 2.50 bits per heavy atom. The van der Waals surface area contributed by atoms with Crippen molar-refractivity contribution in [3.63, 3.8) is 0 Å². The van der Waals surface area contributed by atoms with E-state index in [2.05, 4.69) is 0 Å². The molecule has 1 atom stereocenters. The van der Waals surface area contributed by atoms with Gasteiger partial charge in [-0.1, -0.05) is 35.9 Å². The van der Waals surface area contributed by atoms with Gasteiger partial charge in [0.2, 0.25) is 5.91 Å². The molecule has 1 aliphatic heterocycles. The SMILES string of the molecule is C[C@@H]1C(=O)N(c2ccccc2Cl)CCN1C(=O)c1ccccc1F. The highest BCUT2D eigenvalue weighted by atomic mass is 35.5. The summed E-state index contributed by atoms with van der Waals surface area (Å²) in [4.78, 5) is 28.2. The Balaban J connectivity index is 1.84. The Morgan fingerprint density at radius 1 is 1.12 bits per heavy atom. The molecule has 0 aliphatic carbocycles. The van der Waals surface area contributed by atoms with Crippen LogP contribution in [-0.4, -0.2) is 35.8 Å². The third kappa shape index (κ3) is 2.87. The van der Waals surface area contributed by atoms with Crippen LogP contribution in [0, 0.1) is 5.82 Å². The Labute approximate surface area is 144 Å². The molecular formula is C18H16ClFN2O2. The summed E-state index contributed by atoms with van der Waals surface area (Å²) in [6.45, 7) is 2.27. The van der Waals surface area contributed by atoms with Crippen molar-refractivity contribution in [2.75, 3.05) is 18.0 Å². The van der Waals surface area contributed by atoms with Crippen molar-refractivity contribution < 1.29 is 14.0 Å². The van der Waals surface area contributed by atoms with Gasteiger partial charge in [-0.05, 0) is 31.2 Å². The van der Waals surface area contributed by atoms with Crippen molar-refractivity contribution in [1.29, 1.82) is 0 Å². The van der Waals surface area contributed by atoms with Gasteiger partial charge in [0.15, 0.2) is 0 Å². The van der Waals surface area contributed by atoms with Gasteiger partial charge < -0.3 is 9.80 Å². The number of hydrogen-bond donors (Lipinski definition) is 0. The second-order valence-electron chi connectivity index (χ2n) is 5.60. The molecule has 1 saturated heterocycles. The zero-order valence-corrected chi connectivity index (χ0v) is 13.8. The highest BCUT2D eigenvalue weighted by Gasteiger charge is 2.36. The summed E-state index contributed by atoms with van der Waals surface area (Å²) in [6.07, 6.45) is 0. The van der Waals surface area contributed by atoms with Gasteiger partial charge in [-0.3, -0.25) is 9.59 Å². The van der Waals surface area contributed by atoms with E-state index in [1.165, 1.54) is 23.1 Å². The molecule has 1 fully saturated rings. The molecule has 2 amide bonds. The van der Waals surface area contributed by atoms with Crippen molar-refractivity contribution in [1.82, 2.24) is 4.90 Å². The van der Waals surface area contributed by atoms with Gasteiger partial charge in [0.05, 0.1) is 16.3 Å². The first-order valence-electron chi connectivity index (χ1n) is 7.62. The summed E-state index contributed by atoms with van der Waals surface area (Å²) in [6, 6.07) is 12.2. The number of piperazine rings is 1. The van der Waals surface area contributed by atoms with Gasteiger partial charge in [0, 0.05) is 13.1 Å². The molecule has 2 aromatic rings. The largest absolute Gasteiger partial charge is 0.325 e.